The average Bonchev–Trinajstić information content (AvgIpc) is 3.25. The van der Waals surface area contributed by atoms with E-state index >= 15 is 0 Å². The van der Waals surface area contributed by atoms with E-state index in [1.165, 1.54) is 22.7 Å². The van der Waals surface area contributed by atoms with Gasteiger partial charge in [0.05, 0.1) is 15.9 Å². The summed E-state index contributed by atoms with van der Waals surface area (Å²) in [5, 5.41) is 6.42. The maximum absolute atomic E-state index is 13.0. The fourth-order valence-electron chi connectivity index (χ4n) is 4.54. The first kappa shape index (κ1) is 22.3. The summed E-state index contributed by atoms with van der Waals surface area (Å²) < 4.78 is 6.39. The zero-order valence-corrected chi connectivity index (χ0v) is 19.7. The maximum Gasteiger partial charge on any atom is 0.265 e. The van der Waals surface area contributed by atoms with Crippen LogP contribution < -0.4 is 20.3 Å². The van der Waals surface area contributed by atoms with Gasteiger partial charge >= 0.3 is 0 Å². The molecule has 0 bridgehead atoms. The van der Waals surface area contributed by atoms with Gasteiger partial charge in [0.2, 0.25) is 11.8 Å². The van der Waals surface area contributed by atoms with Crippen molar-refractivity contribution in [2.75, 3.05) is 22.1 Å². The van der Waals surface area contributed by atoms with Gasteiger partial charge in [-0.05, 0) is 50.1 Å². The average molecular weight is 479 g/mol. The Morgan fingerprint density at radius 3 is 2.74 bits per heavy atom. The van der Waals surface area contributed by atoms with Gasteiger partial charge < -0.3 is 15.4 Å². The molecule has 9 heteroatoms. The summed E-state index contributed by atoms with van der Waals surface area (Å²) in [6, 6.07) is 11.9. The van der Waals surface area contributed by atoms with E-state index in [0.717, 1.165) is 30.4 Å². The van der Waals surface area contributed by atoms with E-state index in [1.807, 2.05) is 12.1 Å². The Balaban J connectivity index is 1.29. The van der Waals surface area contributed by atoms with Gasteiger partial charge in [0, 0.05) is 11.6 Å². The van der Waals surface area contributed by atoms with E-state index in [1.54, 1.807) is 37.3 Å². The molecule has 8 nitrogen and oxygen atoms in total. The zero-order valence-electron chi connectivity index (χ0n) is 18.9. The van der Waals surface area contributed by atoms with Gasteiger partial charge in [-0.25, -0.2) is 4.98 Å². The monoisotopic (exact) mass is 478 g/mol. The molecule has 0 saturated heterocycles. The van der Waals surface area contributed by atoms with Crippen LogP contribution in [0.1, 0.15) is 39.0 Å². The maximum atomic E-state index is 13.0. The molecule has 1 aliphatic heterocycles. The molecule has 1 atom stereocenters. The number of hydrogen-bond acceptors (Lipinski definition) is 6. The molecule has 3 aromatic rings. The number of rotatable bonds is 5. The largest absolute Gasteiger partial charge is 0.482 e. The Bertz CT molecular complexity index is 1250. The Kier molecular flexibility index (Phi) is 6.19. The highest BCUT2D eigenvalue weighted by molar-refractivity contribution is 7.22. The van der Waals surface area contributed by atoms with E-state index in [-0.39, 0.29) is 30.2 Å². The first-order valence-electron chi connectivity index (χ1n) is 11.6. The number of ether oxygens (including phenoxy) is 1. The lowest BCUT2D eigenvalue weighted by molar-refractivity contribution is -0.125. The third kappa shape index (κ3) is 4.48. The van der Waals surface area contributed by atoms with Crippen LogP contribution in [0.3, 0.4) is 0 Å². The minimum Gasteiger partial charge on any atom is -0.482 e. The number of thiazole rings is 1. The first-order valence-corrected chi connectivity index (χ1v) is 12.4. The molecule has 1 fully saturated rings. The van der Waals surface area contributed by atoms with E-state index in [2.05, 4.69) is 15.6 Å². The second kappa shape index (κ2) is 9.42. The summed E-state index contributed by atoms with van der Waals surface area (Å²) in [6.45, 7) is 1.59. The minimum absolute atomic E-state index is 0.0385. The zero-order chi connectivity index (χ0) is 23.7. The van der Waals surface area contributed by atoms with Gasteiger partial charge in [0.1, 0.15) is 11.8 Å². The predicted octanol–water partition coefficient (Wildman–Crippen LogP) is 4.57. The number of hydrogen-bond donors (Lipinski definition) is 2. The summed E-state index contributed by atoms with van der Waals surface area (Å²) in [4.78, 5) is 44.1. The van der Waals surface area contributed by atoms with E-state index in [4.69, 9.17) is 4.74 Å². The highest BCUT2D eigenvalue weighted by Gasteiger charge is 2.33. The van der Waals surface area contributed by atoms with Gasteiger partial charge in [-0.2, -0.15) is 0 Å². The quantitative estimate of drug-likeness (QED) is 0.560. The van der Waals surface area contributed by atoms with E-state index in [0.29, 0.717) is 27.8 Å². The Morgan fingerprint density at radius 1 is 1.12 bits per heavy atom. The van der Waals surface area contributed by atoms with Gasteiger partial charge in [0.15, 0.2) is 11.7 Å². The van der Waals surface area contributed by atoms with Crippen LogP contribution in [0.5, 0.6) is 5.75 Å². The fraction of sp³-hybridized carbons (Fsp3) is 0.360. The van der Waals surface area contributed by atoms with Gasteiger partial charge in [-0.1, -0.05) is 42.7 Å². The lowest BCUT2D eigenvalue weighted by Gasteiger charge is -2.33. The molecule has 2 N–H and O–H groups in total. The lowest BCUT2D eigenvalue weighted by Crippen LogP contribution is -2.49. The van der Waals surface area contributed by atoms with Crippen molar-refractivity contribution in [1.29, 1.82) is 0 Å². The molecule has 2 heterocycles. The SMILES string of the molecule is C[C@H](C(=O)Nc1ccc2sc(NC(=O)C3CCCCC3)nc2c1)N1C(=O)COc2ccccc21. The fourth-order valence-corrected chi connectivity index (χ4v) is 5.39. The summed E-state index contributed by atoms with van der Waals surface area (Å²) in [5.74, 6) is 0.0928. The van der Waals surface area contributed by atoms with Crippen LogP contribution in [0.15, 0.2) is 42.5 Å². The molecule has 34 heavy (non-hydrogen) atoms. The first-order chi connectivity index (χ1) is 16.5. The van der Waals surface area contributed by atoms with Crippen molar-refractivity contribution in [3.8, 4) is 5.75 Å². The van der Waals surface area contributed by atoms with Crippen LogP contribution in [0.2, 0.25) is 0 Å². The van der Waals surface area contributed by atoms with Gasteiger partial charge in [-0.15, -0.1) is 0 Å². The summed E-state index contributed by atoms with van der Waals surface area (Å²) >= 11 is 1.42. The van der Waals surface area contributed by atoms with E-state index < -0.39 is 6.04 Å². The number of benzene rings is 2. The Morgan fingerprint density at radius 2 is 1.91 bits per heavy atom. The smallest absolute Gasteiger partial charge is 0.265 e. The number of nitrogens with one attached hydrogen (secondary N) is 2. The molecule has 0 unspecified atom stereocenters. The topological polar surface area (TPSA) is 101 Å². The number of amides is 3. The minimum atomic E-state index is -0.728. The second-order valence-electron chi connectivity index (χ2n) is 8.71. The molecule has 0 radical (unpaired) electrons. The molecule has 3 amide bonds. The third-order valence-electron chi connectivity index (χ3n) is 6.37. The highest BCUT2D eigenvalue weighted by atomic mass is 32.1. The van der Waals surface area contributed by atoms with Gasteiger partial charge in [-0.3, -0.25) is 19.3 Å². The number of aromatic nitrogens is 1. The molecule has 176 valence electrons. The van der Waals surface area contributed by atoms with Crippen LogP contribution in [0, 0.1) is 5.92 Å². The molecule has 2 aromatic carbocycles. The molecular formula is C25H26N4O4S. The second-order valence-corrected chi connectivity index (χ2v) is 9.74. The molecular weight excluding hydrogens is 452 g/mol. The molecule has 5 rings (SSSR count). The van der Waals surface area contributed by atoms with Crippen molar-refractivity contribution in [2.45, 2.75) is 45.1 Å². The van der Waals surface area contributed by atoms with Gasteiger partial charge in [0.25, 0.3) is 5.91 Å². The Hall–Kier alpha value is -3.46. The van der Waals surface area contributed by atoms with Crippen molar-refractivity contribution >= 4 is 55.8 Å². The van der Waals surface area contributed by atoms with Crippen molar-refractivity contribution < 1.29 is 19.1 Å². The van der Waals surface area contributed by atoms with Crippen LogP contribution in [0.25, 0.3) is 10.2 Å². The summed E-state index contributed by atoms with van der Waals surface area (Å²) in [6.07, 6.45) is 5.26. The number of anilines is 3. The number of carbonyl (C=O) groups is 3. The van der Waals surface area contributed by atoms with Crippen molar-refractivity contribution in [3.05, 3.63) is 42.5 Å². The molecule has 0 spiro atoms. The number of carbonyl (C=O) groups excluding carboxylic acids is 3. The van der Waals surface area contributed by atoms with Crippen molar-refractivity contribution in [2.24, 2.45) is 5.92 Å². The molecule has 1 saturated carbocycles. The predicted molar refractivity (Wildman–Crippen MR) is 132 cm³/mol. The third-order valence-corrected chi connectivity index (χ3v) is 7.32. The standard InChI is InChI=1S/C25H26N4O4S/c1-15(29-19-9-5-6-10-20(19)33-14-22(29)30)23(31)26-17-11-12-21-18(13-17)27-25(34-21)28-24(32)16-7-3-2-4-8-16/h5-6,9-13,15-16H,2-4,7-8,14H2,1H3,(H,26,31)(H,27,28,32)/t15-/m1/s1. The summed E-state index contributed by atoms with van der Waals surface area (Å²) in [5.41, 5.74) is 1.85. The molecule has 1 aromatic heterocycles. The van der Waals surface area contributed by atoms with Crippen LogP contribution in [0.4, 0.5) is 16.5 Å². The molecule has 1 aliphatic carbocycles. The lowest BCUT2D eigenvalue weighted by atomic mass is 9.89. The van der Waals surface area contributed by atoms with Crippen LogP contribution >= 0.6 is 11.3 Å². The normalized spacial score (nSPS) is 17.1. The van der Waals surface area contributed by atoms with Crippen LogP contribution in [-0.4, -0.2) is 35.4 Å². The molecule has 2 aliphatic rings. The highest BCUT2D eigenvalue weighted by Crippen LogP contribution is 2.34. The Labute approximate surface area is 201 Å². The number of nitrogens with zero attached hydrogens (tertiary/aromatic N) is 2. The number of fused-ring (bicyclic) bond motifs is 2. The van der Waals surface area contributed by atoms with E-state index in [9.17, 15) is 14.4 Å². The summed E-state index contributed by atoms with van der Waals surface area (Å²) in [7, 11) is 0. The number of para-hydroxylation sites is 2. The van der Waals surface area contributed by atoms with Crippen molar-refractivity contribution in [1.82, 2.24) is 4.98 Å². The van der Waals surface area contributed by atoms with Crippen LogP contribution in [-0.2, 0) is 14.4 Å². The van der Waals surface area contributed by atoms with Crippen molar-refractivity contribution in [3.63, 3.8) is 0 Å².